The van der Waals surface area contributed by atoms with Crippen molar-refractivity contribution in [1.29, 1.82) is 0 Å². The van der Waals surface area contributed by atoms with Crippen LogP contribution >= 0.6 is 7.82 Å². The Morgan fingerprint density at radius 1 is 0.427 bits per heavy atom. The minimum absolute atomic E-state index is 0.0512. The van der Waals surface area contributed by atoms with E-state index < -0.39 is 20.0 Å². The maximum absolute atomic E-state index is 13.0. The van der Waals surface area contributed by atoms with Crippen LogP contribution in [0, 0.1) is 0 Å². The molecule has 0 aromatic rings. The van der Waals surface area contributed by atoms with Gasteiger partial charge in [-0.1, -0.05) is 295 Å². The molecule has 0 aliphatic heterocycles. The minimum atomic E-state index is -4.37. The standard InChI is InChI=1S/C73H127N2O6P/c1-6-8-10-12-14-16-18-20-22-24-26-27-28-29-30-31-32-33-34-35-36-37-38-39-40-41-42-43-44-45-46-47-49-51-53-55-57-59-61-63-65-67-73(77)74-71(70-81-82(78,79)80-69-68-75(3,4)5)72(76)66-64-62-60-58-56-54-52-50-48-25-23-21-19-17-15-13-11-9-7-2/h8,10,14,16,20,22,26-27,29-30,32-33,35-36,38-39,41-42,56,58,64,66,71-72,76H,6-7,9,11-13,15,17-19,21,23-25,28,31,34,37,40,43-55,57,59-63,65,67-70H2,1-5H3,(H-,74,77,78,79)/p+1/b10-8-,16-14-,22-20-,27-26-,30-29-,33-32-,36-35-,39-38-,42-41-,58-56+,66-64+. The summed E-state index contributed by atoms with van der Waals surface area (Å²) in [5.74, 6) is -0.191. The summed E-state index contributed by atoms with van der Waals surface area (Å²) in [6, 6.07) is -0.872. The first-order valence-electron chi connectivity index (χ1n) is 33.6. The summed E-state index contributed by atoms with van der Waals surface area (Å²) in [5.41, 5.74) is 0. The van der Waals surface area contributed by atoms with Crippen LogP contribution in [0.25, 0.3) is 0 Å². The second-order valence-electron chi connectivity index (χ2n) is 23.5. The van der Waals surface area contributed by atoms with E-state index >= 15 is 0 Å². The molecule has 0 spiro atoms. The number of phosphoric acid groups is 1. The number of unbranched alkanes of at least 4 members (excludes halogenated alkanes) is 27. The van der Waals surface area contributed by atoms with Crippen LogP contribution in [0.1, 0.15) is 271 Å². The van der Waals surface area contributed by atoms with Crippen molar-refractivity contribution >= 4 is 13.7 Å². The van der Waals surface area contributed by atoms with Gasteiger partial charge in [-0.15, -0.1) is 0 Å². The molecule has 0 heterocycles. The molecule has 3 atom stereocenters. The number of hydrogen-bond acceptors (Lipinski definition) is 5. The molecule has 0 radical (unpaired) electrons. The number of rotatable bonds is 60. The van der Waals surface area contributed by atoms with Gasteiger partial charge in [0.05, 0.1) is 39.9 Å². The highest BCUT2D eigenvalue weighted by molar-refractivity contribution is 7.47. The Morgan fingerprint density at radius 3 is 1.12 bits per heavy atom. The van der Waals surface area contributed by atoms with Gasteiger partial charge in [-0.05, 0) is 103 Å². The van der Waals surface area contributed by atoms with Gasteiger partial charge in [0.25, 0.3) is 0 Å². The number of amides is 1. The number of nitrogens with one attached hydrogen (secondary N) is 1. The summed E-state index contributed by atoms with van der Waals surface area (Å²) in [4.78, 5) is 23.4. The Bertz CT molecular complexity index is 1800. The fourth-order valence-corrected chi connectivity index (χ4v) is 9.91. The number of hydrogen-bond donors (Lipinski definition) is 3. The number of phosphoric ester groups is 1. The second-order valence-corrected chi connectivity index (χ2v) is 24.9. The molecule has 0 aromatic carbocycles. The largest absolute Gasteiger partial charge is 0.472 e. The maximum atomic E-state index is 13.0. The van der Waals surface area contributed by atoms with E-state index in [9.17, 15) is 19.4 Å². The minimum Gasteiger partial charge on any atom is -0.387 e. The molecule has 470 valence electrons. The van der Waals surface area contributed by atoms with Crippen molar-refractivity contribution < 1.29 is 32.9 Å². The van der Waals surface area contributed by atoms with Gasteiger partial charge >= 0.3 is 7.82 Å². The van der Waals surface area contributed by atoms with E-state index in [1.54, 1.807) is 6.08 Å². The van der Waals surface area contributed by atoms with Gasteiger partial charge in [-0.3, -0.25) is 13.8 Å². The Hall–Kier alpha value is -3.36. The molecule has 0 aliphatic carbocycles. The first kappa shape index (κ1) is 78.6. The third-order valence-corrected chi connectivity index (χ3v) is 15.3. The summed E-state index contributed by atoms with van der Waals surface area (Å²) >= 11 is 0. The molecule has 0 aromatic heterocycles. The van der Waals surface area contributed by atoms with E-state index in [1.165, 1.54) is 154 Å². The Labute approximate surface area is 506 Å². The number of allylic oxidation sites excluding steroid dienone is 21. The van der Waals surface area contributed by atoms with E-state index in [0.29, 0.717) is 17.4 Å². The zero-order valence-corrected chi connectivity index (χ0v) is 54.6. The van der Waals surface area contributed by atoms with Gasteiger partial charge in [0.1, 0.15) is 13.2 Å². The van der Waals surface area contributed by atoms with Gasteiger partial charge in [0.2, 0.25) is 5.91 Å². The number of carbonyl (C=O) groups is 1. The van der Waals surface area contributed by atoms with Crippen LogP contribution in [0.5, 0.6) is 0 Å². The van der Waals surface area contributed by atoms with Crippen molar-refractivity contribution in [1.82, 2.24) is 5.32 Å². The van der Waals surface area contributed by atoms with E-state index in [4.69, 9.17) is 9.05 Å². The lowest BCUT2D eigenvalue weighted by Crippen LogP contribution is -2.45. The third kappa shape index (κ3) is 64.2. The van der Waals surface area contributed by atoms with E-state index in [0.717, 1.165) is 96.3 Å². The van der Waals surface area contributed by atoms with Crippen LogP contribution in [0.2, 0.25) is 0 Å². The number of nitrogens with zero attached hydrogens (tertiary/aromatic N) is 1. The summed E-state index contributed by atoms with van der Waals surface area (Å²) < 4.78 is 23.7. The molecule has 0 bridgehead atoms. The average Bonchev–Trinajstić information content (AvgIpc) is 3.47. The van der Waals surface area contributed by atoms with E-state index in [2.05, 4.69) is 141 Å². The number of quaternary nitrogens is 1. The molecule has 3 unspecified atom stereocenters. The predicted molar refractivity (Wildman–Crippen MR) is 359 cm³/mol. The molecule has 0 saturated heterocycles. The highest BCUT2D eigenvalue weighted by Gasteiger charge is 2.27. The fraction of sp³-hybridized carbons (Fsp3) is 0.685. The summed E-state index contributed by atoms with van der Waals surface area (Å²) in [5, 5.41) is 13.9. The Kier molecular flexibility index (Phi) is 59.6. The lowest BCUT2D eigenvalue weighted by Gasteiger charge is -2.25. The van der Waals surface area contributed by atoms with Crippen LogP contribution in [0.4, 0.5) is 0 Å². The van der Waals surface area contributed by atoms with Gasteiger partial charge in [0.15, 0.2) is 0 Å². The molecule has 0 rings (SSSR count). The van der Waals surface area contributed by atoms with Crippen molar-refractivity contribution in [2.75, 3.05) is 40.9 Å². The van der Waals surface area contributed by atoms with Crippen molar-refractivity contribution in [3.63, 3.8) is 0 Å². The van der Waals surface area contributed by atoms with Gasteiger partial charge in [0, 0.05) is 6.42 Å². The zero-order chi connectivity index (χ0) is 59.8. The summed E-state index contributed by atoms with van der Waals surface area (Å²) in [6.07, 6.45) is 94.4. The van der Waals surface area contributed by atoms with Crippen molar-refractivity contribution in [2.45, 2.75) is 283 Å². The van der Waals surface area contributed by atoms with Crippen LogP contribution in [0.15, 0.2) is 134 Å². The van der Waals surface area contributed by atoms with Gasteiger partial charge < -0.3 is 19.8 Å². The van der Waals surface area contributed by atoms with E-state index in [1.807, 2.05) is 27.2 Å². The molecule has 8 nitrogen and oxygen atoms in total. The molecule has 3 N–H and O–H groups in total. The topological polar surface area (TPSA) is 105 Å². The SMILES string of the molecule is CC/C=C\C/C=C\C/C=C\C/C=C\C/C=C\C/C=C\C/C=C\C/C=C\C/C=C\CCCCCCCCCCCCCCCC(=O)NC(COP(=O)(O)OCC[N+](C)(C)C)C(O)/C=C/CC/C=C/CCCCCCCCCCCCCCC. The van der Waals surface area contributed by atoms with Crippen molar-refractivity contribution in [2.24, 2.45) is 0 Å². The van der Waals surface area contributed by atoms with Gasteiger partial charge in [-0.2, -0.15) is 0 Å². The Morgan fingerprint density at radius 2 is 0.744 bits per heavy atom. The summed E-state index contributed by atoms with van der Waals surface area (Å²) in [7, 11) is 1.55. The summed E-state index contributed by atoms with van der Waals surface area (Å²) in [6.45, 7) is 4.69. The molecular formula is C73H128N2O6P+. The van der Waals surface area contributed by atoms with Crippen molar-refractivity contribution in [3.05, 3.63) is 134 Å². The first-order chi connectivity index (χ1) is 40.0. The van der Waals surface area contributed by atoms with Crippen LogP contribution in [-0.2, 0) is 18.4 Å². The maximum Gasteiger partial charge on any atom is 0.472 e. The quantitative estimate of drug-likeness (QED) is 0.0243. The van der Waals surface area contributed by atoms with Crippen molar-refractivity contribution in [3.8, 4) is 0 Å². The molecule has 9 heteroatoms. The number of aliphatic hydroxyl groups excluding tert-OH is 1. The number of likely N-dealkylation sites (N-methyl/N-ethyl adjacent to an activating group) is 1. The molecule has 0 fully saturated rings. The monoisotopic (exact) mass is 1160 g/mol. The average molecular weight is 1160 g/mol. The smallest absolute Gasteiger partial charge is 0.387 e. The van der Waals surface area contributed by atoms with Crippen LogP contribution < -0.4 is 5.32 Å². The highest BCUT2D eigenvalue weighted by Crippen LogP contribution is 2.43. The fourth-order valence-electron chi connectivity index (χ4n) is 9.17. The second kappa shape index (κ2) is 62.2. The first-order valence-corrected chi connectivity index (χ1v) is 35.1. The Balaban J connectivity index is 4.09. The molecule has 0 aliphatic rings. The van der Waals surface area contributed by atoms with Gasteiger partial charge in [-0.25, -0.2) is 4.57 Å². The lowest BCUT2D eigenvalue weighted by molar-refractivity contribution is -0.870. The lowest BCUT2D eigenvalue weighted by atomic mass is 10.0. The van der Waals surface area contributed by atoms with E-state index in [-0.39, 0.29) is 19.1 Å². The zero-order valence-electron chi connectivity index (χ0n) is 53.7. The highest BCUT2D eigenvalue weighted by atomic mass is 31.2. The molecule has 0 saturated carbocycles. The van der Waals surface area contributed by atoms with Crippen LogP contribution in [0.3, 0.4) is 0 Å². The van der Waals surface area contributed by atoms with Crippen LogP contribution in [-0.4, -0.2) is 73.4 Å². The predicted octanol–water partition coefficient (Wildman–Crippen LogP) is 21.4. The normalized spacial score (nSPS) is 14.6. The third-order valence-electron chi connectivity index (χ3n) is 14.4. The molecule has 1 amide bonds. The molecule has 82 heavy (non-hydrogen) atoms. The number of aliphatic hydroxyl groups is 1. The number of carbonyl (C=O) groups excluding carboxylic acids is 1. The molecular weight excluding hydrogens is 1030 g/mol.